The topological polar surface area (TPSA) is 47.0 Å². The van der Waals surface area contributed by atoms with Gasteiger partial charge < -0.3 is 10.1 Å². The molecule has 1 atom stereocenters. The van der Waals surface area contributed by atoms with Crippen molar-refractivity contribution in [3.63, 3.8) is 0 Å². The van der Waals surface area contributed by atoms with Crippen LogP contribution in [-0.2, 0) is 0 Å². The Kier molecular flexibility index (Phi) is 4.15. The van der Waals surface area contributed by atoms with E-state index in [4.69, 9.17) is 4.74 Å². The van der Waals surface area contributed by atoms with E-state index in [2.05, 4.69) is 50.3 Å². The van der Waals surface area contributed by atoms with Crippen LogP contribution in [0.2, 0.25) is 0 Å². The van der Waals surface area contributed by atoms with Gasteiger partial charge in [0.15, 0.2) is 5.75 Å². The SMILES string of the molecule is COc1cnc(NC(C)c2ccc(Br)cc2)nc1. The van der Waals surface area contributed by atoms with Gasteiger partial charge in [-0.05, 0) is 24.6 Å². The zero-order chi connectivity index (χ0) is 13.0. The molecule has 1 heterocycles. The molecule has 0 radical (unpaired) electrons. The Morgan fingerprint density at radius 3 is 2.33 bits per heavy atom. The Balaban J connectivity index is 2.05. The van der Waals surface area contributed by atoms with Crippen molar-refractivity contribution in [3.05, 3.63) is 46.7 Å². The largest absolute Gasteiger partial charge is 0.494 e. The maximum atomic E-state index is 5.01. The van der Waals surface area contributed by atoms with Crippen molar-refractivity contribution in [2.24, 2.45) is 0 Å². The highest BCUT2D eigenvalue weighted by Gasteiger charge is 2.06. The van der Waals surface area contributed by atoms with Gasteiger partial charge in [-0.1, -0.05) is 28.1 Å². The molecule has 1 aromatic heterocycles. The van der Waals surface area contributed by atoms with E-state index in [1.165, 1.54) is 5.56 Å². The van der Waals surface area contributed by atoms with Crippen LogP contribution >= 0.6 is 15.9 Å². The van der Waals surface area contributed by atoms with Gasteiger partial charge in [0, 0.05) is 4.47 Å². The third-order valence-electron chi connectivity index (χ3n) is 2.58. The molecule has 0 spiro atoms. The van der Waals surface area contributed by atoms with Crippen LogP contribution in [0.5, 0.6) is 5.75 Å². The maximum Gasteiger partial charge on any atom is 0.223 e. The number of aromatic nitrogens is 2. The summed E-state index contributed by atoms with van der Waals surface area (Å²) in [6.45, 7) is 2.07. The molecule has 2 aromatic rings. The lowest BCUT2D eigenvalue weighted by Crippen LogP contribution is -2.09. The molecule has 0 saturated carbocycles. The Labute approximate surface area is 115 Å². The van der Waals surface area contributed by atoms with Crippen LogP contribution in [0.15, 0.2) is 41.1 Å². The predicted molar refractivity (Wildman–Crippen MR) is 74.8 cm³/mol. The fraction of sp³-hybridized carbons (Fsp3) is 0.231. The number of anilines is 1. The second kappa shape index (κ2) is 5.82. The number of nitrogens with one attached hydrogen (secondary N) is 1. The molecule has 1 N–H and O–H groups in total. The highest BCUT2D eigenvalue weighted by atomic mass is 79.9. The van der Waals surface area contributed by atoms with E-state index in [0.29, 0.717) is 11.7 Å². The molecule has 4 nitrogen and oxygen atoms in total. The zero-order valence-electron chi connectivity index (χ0n) is 10.2. The van der Waals surface area contributed by atoms with Crippen LogP contribution in [0.3, 0.4) is 0 Å². The minimum absolute atomic E-state index is 0.145. The highest BCUT2D eigenvalue weighted by Crippen LogP contribution is 2.19. The Hall–Kier alpha value is -1.62. The molecule has 5 heteroatoms. The van der Waals surface area contributed by atoms with Crippen molar-refractivity contribution in [1.29, 1.82) is 0 Å². The van der Waals surface area contributed by atoms with E-state index in [0.717, 1.165) is 4.47 Å². The molecule has 0 aliphatic carbocycles. The number of ether oxygens (including phenoxy) is 1. The van der Waals surface area contributed by atoms with Gasteiger partial charge in [0.2, 0.25) is 5.95 Å². The van der Waals surface area contributed by atoms with Crippen LogP contribution in [0, 0.1) is 0 Å². The number of hydrogen-bond donors (Lipinski definition) is 1. The van der Waals surface area contributed by atoms with Gasteiger partial charge in [-0.2, -0.15) is 0 Å². The van der Waals surface area contributed by atoms with E-state index >= 15 is 0 Å². The van der Waals surface area contributed by atoms with E-state index < -0.39 is 0 Å². The number of benzene rings is 1. The van der Waals surface area contributed by atoms with Crippen molar-refractivity contribution in [2.45, 2.75) is 13.0 Å². The van der Waals surface area contributed by atoms with E-state index in [1.54, 1.807) is 19.5 Å². The minimum atomic E-state index is 0.145. The van der Waals surface area contributed by atoms with Gasteiger partial charge >= 0.3 is 0 Å². The summed E-state index contributed by atoms with van der Waals surface area (Å²) in [5.41, 5.74) is 1.18. The number of hydrogen-bond acceptors (Lipinski definition) is 4. The fourth-order valence-corrected chi connectivity index (χ4v) is 1.79. The average molecular weight is 308 g/mol. The normalized spacial score (nSPS) is 11.9. The number of rotatable bonds is 4. The fourth-order valence-electron chi connectivity index (χ4n) is 1.52. The number of nitrogens with zero attached hydrogens (tertiary/aromatic N) is 2. The van der Waals surface area contributed by atoms with Gasteiger partial charge in [0.1, 0.15) is 0 Å². The summed E-state index contributed by atoms with van der Waals surface area (Å²) in [7, 11) is 1.59. The van der Waals surface area contributed by atoms with Gasteiger partial charge in [0.25, 0.3) is 0 Å². The van der Waals surface area contributed by atoms with E-state index in [-0.39, 0.29) is 6.04 Å². The lowest BCUT2D eigenvalue weighted by molar-refractivity contribution is 0.411. The van der Waals surface area contributed by atoms with Crippen molar-refractivity contribution >= 4 is 21.9 Å². The smallest absolute Gasteiger partial charge is 0.223 e. The molecular formula is C13H14BrN3O. The maximum absolute atomic E-state index is 5.01. The van der Waals surface area contributed by atoms with Crippen LogP contribution in [0.4, 0.5) is 5.95 Å². The molecule has 0 amide bonds. The molecule has 94 valence electrons. The van der Waals surface area contributed by atoms with Crippen molar-refractivity contribution in [3.8, 4) is 5.75 Å². The van der Waals surface area contributed by atoms with Crippen LogP contribution in [-0.4, -0.2) is 17.1 Å². The molecular weight excluding hydrogens is 294 g/mol. The Morgan fingerprint density at radius 1 is 1.17 bits per heavy atom. The van der Waals surface area contributed by atoms with Gasteiger partial charge in [-0.3, -0.25) is 0 Å². The number of methoxy groups -OCH3 is 1. The summed E-state index contributed by atoms with van der Waals surface area (Å²) in [5, 5.41) is 3.24. The van der Waals surface area contributed by atoms with E-state index in [9.17, 15) is 0 Å². The zero-order valence-corrected chi connectivity index (χ0v) is 11.8. The summed E-state index contributed by atoms with van der Waals surface area (Å²) in [4.78, 5) is 8.35. The first-order valence-corrected chi connectivity index (χ1v) is 6.36. The first kappa shape index (κ1) is 12.8. The minimum Gasteiger partial charge on any atom is -0.494 e. The summed E-state index contributed by atoms with van der Waals surface area (Å²) in [6.07, 6.45) is 3.28. The molecule has 0 aliphatic heterocycles. The second-order valence-electron chi connectivity index (χ2n) is 3.86. The molecule has 1 aromatic carbocycles. The van der Waals surface area contributed by atoms with Gasteiger partial charge in [-0.15, -0.1) is 0 Å². The quantitative estimate of drug-likeness (QED) is 0.940. The van der Waals surface area contributed by atoms with Crippen molar-refractivity contribution in [2.75, 3.05) is 12.4 Å². The summed E-state index contributed by atoms with van der Waals surface area (Å²) in [6, 6.07) is 8.30. The summed E-state index contributed by atoms with van der Waals surface area (Å²) >= 11 is 3.42. The average Bonchev–Trinajstić information content (AvgIpc) is 2.40. The molecule has 1 unspecified atom stereocenters. The third kappa shape index (κ3) is 3.20. The molecule has 0 saturated heterocycles. The monoisotopic (exact) mass is 307 g/mol. The van der Waals surface area contributed by atoms with Crippen LogP contribution < -0.4 is 10.1 Å². The van der Waals surface area contributed by atoms with Gasteiger partial charge in [-0.25, -0.2) is 9.97 Å². The molecule has 2 rings (SSSR count). The number of halogens is 1. The van der Waals surface area contributed by atoms with Crippen LogP contribution in [0.25, 0.3) is 0 Å². The predicted octanol–water partition coefficient (Wildman–Crippen LogP) is 3.42. The van der Waals surface area contributed by atoms with E-state index in [1.807, 2.05) is 12.1 Å². The lowest BCUT2D eigenvalue weighted by atomic mass is 10.1. The molecule has 0 bridgehead atoms. The lowest BCUT2D eigenvalue weighted by Gasteiger charge is -2.14. The summed E-state index contributed by atoms with van der Waals surface area (Å²) < 4.78 is 6.08. The van der Waals surface area contributed by atoms with Crippen molar-refractivity contribution < 1.29 is 4.74 Å². The van der Waals surface area contributed by atoms with Gasteiger partial charge in [0.05, 0.1) is 25.5 Å². The first-order valence-electron chi connectivity index (χ1n) is 5.57. The first-order chi connectivity index (χ1) is 8.69. The summed E-state index contributed by atoms with van der Waals surface area (Å²) in [5.74, 6) is 1.24. The Bertz CT molecular complexity index is 499. The highest BCUT2D eigenvalue weighted by molar-refractivity contribution is 9.10. The second-order valence-corrected chi connectivity index (χ2v) is 4.78. The third-order valence-corrected chi connectivity index (χ3v) is 3.11. The molecule has 18 heavy (non-hydrogen) atoms. The molecule has 0 fully saturated rings. The standard InChI is InChI=1S/C13H14BrN3O/c1-9(10-3-5-11(14)6-4-10)17-13-15-7-12(18-2)8-16-13/h3-9H,1-2H3,(H,15,16,17). The van der Waals surface area contributed by atoms with Crippen molar-refractivity contribution in [1.82, 2.24) is 9.97 Å². The Morgan fingerprint density at radius 2 is 1.78 bits per heavy atom. The molecule has 0 aliphatic rings. The van der Waals surface area contributed by atoms with Crippen LogP contribution in [0.1, 0.15) is 18.5 Å².